The van der Waals surface area contributed by atoms with E-state index in [-0.39, 0.29) is 0 Å². The van der Waals surface area contributed by atoms with Gasteiger partial charge in [-0.25, -0.2) is 19.9 Å². The molecule has 2 heterocycles. The highest BCUT2D eigenvalue weighted by Gasteiger charge is 2.23. The Hall–Kier alpha value is -1.88. The van der Waals surface area contributed by atoms with Crippen LogP contribution in [0.15, 0.2) is 18.6 Å². The van der Waals surface area contributed by atoms with Crippen molar-refractivity contribution in [2.75, 3.05) is 6.54 Å². The summed E-state index contributed by atoms with van der Waals surface area (Å²) < 4.78 is 0. The van der Waals surface area contributed by atoms with Crippen LogP contribution in [0, 0.1) is 13.8 Å². The molecule has 5 heteroatoms. The molecule has 1 N–H and O–H groups in total. The Bertz CT molecular complexity index is 599. The van der Waals surface area contributed by atoms with Gasteiger partial charge in [-0.15, -0.1) is 0 Å². The van der Waals surface area contributed by atoms with Crippen LogP contribution in [-0.2, 0) is 0 Å². The van der Waals surface area contributed by atoms with Crippen LogP contribution in [0.25, 0.3) is 11.5 Å². The first-order valence-corrected chi connectivity index (χ1v) is 7.50. The Morgan fingerprint density at radius 2 is 1.95 bits per heavy atom. The Labute approximate surface area is 125 Å². The first-order chi connectivity index (χ1) is 10.1. The van der Waals surface area contributed by atoms with Crippen LogP contribution < -0.4 is 5.32 Å². The molecular formula is C16H21N5. The normalized spacial score (nSPS) is 16.0. The third kappa shape index (κ3) is 3.24. The molecule has 0 saturated heterocycles. The molecule has 0 radical (unpaired) electrons. The largest absolute Gasteiger partial charge is 0.313 e. The second kappa shape index (κ2) is 5.85. The van der Waals surface area contributed by atoms with Gasteiger partial charge in [0.15, 0.2) is 5.82 Å². The molecule has 1 aliphatic rings. The molecule has 1 atom stereocenters. The Kier molecular flexibility index (Phi) is 3.92. The average Bonchev–Trinajstić information content (AvgIpc) is 3.29. The molecule has 21 heavy (non-hydrogen) atoms. The minimum absolute atomic E-state index is 0.421. The van der Waals surface area contributed by atoms with Crippen molar-refractivity contribution in [3.8, 4) is 11.5 Å². The molecule has 0 amide bonds. The van der Waals surface area contributed by atoms with Gasteiger partial charge in [0.05, 0.1) is 0 Å². The minimum Gasteiger partial charge on any atom is -0.313 e. The highest BCUT2D eigenvalue weighted by atomic mass is 15.0. The van der Waals surface area contributed by atoms with Gasteiger partial charge >= 0.3 is 0 Å². The molecule has 1 fully saturated rings. The molecule has 110 valence electrons. The van der Waals surface area contributed by atoms with E-state index < -0.39 is 0 Å². The maximum Gasteiger partial charge on any atom is 0.178 e. The third-order valence-electron chi connectivity index (χ3n) is 3.92. The van der Waals surface area contributed by atoms with Crippen molar-refractivity contribution in [3.63, 3.8) is 0 Å². The molecule has 2 aromatic rings. The number of hydrogen-bond donors (Lipinski definition) is 1. The van der Waals surface area contributed by atoms with E-state index in [1.807, 2.05) is 6.07 Å². The summed E-state index contributed by atoms with van der Waals surface area (Å²) in [6.45, 7) is 7.34. The number of nitrogens with zero attached hydrogens (tertiary/aromatic N) is 4. The molecular weight excluding hydrogens is 262 g/mol. The van der Waals surface area contributed by atoms with Crippen molar-refractivity contribution in [2.45, 2.75) is 45.6 Å². The standard InChI is InChI=1S/C16H21N5/c1-10(8-18-13-4-5-13)15-11(2)20-16(21-12(15)3)14-6-7-17-9-19-14/h6-7,9-10,13,18H,4-5,8H2,1-3H3. The van der Waals surface area contributed by atoms with Crippen LogP contribution in [0.4, 0.5) is 0 Å². The molecule has 5 nitrogen and oxygen atoms in total. The lowest BCUT2D eigenvalue weighted by molar-refractivity contribution is 0.603. The molecule has 1 unspecified atom stereocenters. The summed E-state index contributed by atoms with van der Waals surface area (Å²) in [5.74, 6) is 1.10. The van der Waals surface area contributed by atoms with Gasteiger partial charge in [-0.3, -0.25) is 0 Å². The minimum atomic E-state index is 0.421. The van der Waals surface area contributed by atoms with E-state index >= 15 is 0 Å². The average molecular weight is 283 g/mol. The maximum atomic E-state index is 4.64. The summed E-state index contributed by atoms with van der Waals surface area (Å²) in [7, 11) is 0. The monoisotopic (exact) mass is 283 g/mol. The molecule has 0 aliphatic heterocycles. The van der Waals surface area contributed by atoms with Crippen molar-refractivity contribution in [1.29, 1.82) is 0 Å². The van der Waals surface area contributed by atoms with Crippen molar-refractivity contribution < 1.29 is 0 Å². The van der Waals surface area contributed by atoms with Crippen molar-refractivity contribution >= 4 is 0 Å². The second-order valence-corrected chi connectivity index (χ2v) is 5.81. The fourth-order valence-corrected chi connectivity index (χ4v) is 2.71. The van der Waals surface area contributed by atoms with Gasteiger partial charge in [-0.1, -0.05) is 6.92 Å². The molecule has 3 rings (SSSR count). The van der Waals surface area contributed by atoms with E-state index in [0.29, 0.717) is 11.7 Å². The van der Waals surface area contributed by atoms with Crippen LogP contribution >= 0.6 is 0 Å². The van der Waals surface area contributed by atoms with E-state index in [4.69, 9.17) is 0 Å². The molecule has 1 saturated carbocycles. The summed E-state index contributed by atoms with van der Waals surface area (Å²) >= 11 is 0. The van der Waals surface area contributed by atoms with Gasteiger partial charge < -0.3 is 5.32 Å². The SMILES string of the molecule is Cc1nc(-c2ccncn2)nc(C)c1C(C)CNC1CC1. The van der Waals surface area contributed by atoms with Crippen LogP contribution in [0.5, 0.6) is 0 Å². The zero-order valence-corrected chi connectivity index (χ0v) is 12.8. The topological polar surface area (TPSA) is 63.6 Å². The van der Waals surface area contributed by atoms with Gasteiger partial charge in [0.25, 0.3) is 0 Å². The number of aryl methyl sites for hydroxylation is 2. The van der Waals surface area contributed by atoms with Gasteiger partial charge in [-0.05, 0) is 44.2 Å². The summed E-state index contributed by atoms with van der Waals surface area (Å²) in [6, 6.07) is 2.57. The fraction of sp³-hybridized carbons (Fsp3) is 0.500. The van der Waals surface area contributed by atoms with Crippen molar-refractivity contribution in [1.82, 2.24) is 25.3 Å². The molecule has 0 aromatic carbocycles. The number of hydrogen-bond acceptors (Lipinski definition) is 5. The summed E-state index contributed by atoms with van der Waals surface area (Å²) in [5.41, 5.74) is 4.11. The maximum absolute atomic E-state index is 4.64. The van der Waals surface area contributed by atoms with E-state index in [2.05, 4.69) is 46.0 Å². The smallest absolute Gasteiger partial charge is 0.178 e. The quantitative estimate of drug-likeness (QED) is 0.913. The van der Waals surface area contributed by atoms with Crippen LogP contribution in [0.1, 0.15) is 42.6 Å². The highest BCUT2D eigenvalue weighted by molar-refractivity contribution is 5.49. The lowest BCUT2D eigenvalue weighted by Gasteiger charge is -2.17. The third-order valence-corrected chi connectivity index (χ3v) is 3.92. The zero-order valence-electron chi connectivity index (χ0n) is 12.8. The fourth-order valence-electron chi connectivity index (χ4n) is 2.71. The highest BCUT2D eigenvalue weighted by Crippen LogP contribution is 2.25. The van der Waals surface area contributed by atoms with E-state index in [9.17, 15) is 0 Å². The Balaban J connectivity index is 1.85. The van der Waals surface area contributed by atoms with E-state index in [0.717, 1.165) is 29.7 Å². The van der Waals surface area contributed by atoms with Crippen molar-refractivity contribution in [2.24, 2.45) is 0 Å². The summed E-state index contributed by atoms with van der Waals surface area (Å²) in [4.78, 5) is 17.4. The summed E-state index contributed by atoms with van der Waals surface area (Å²) in [5, 5.41) is 3.58. The molecule has 0 spiro atoms. The second-order valence-electron chi connectivity index (χ2n) is 5.81. The molecule has 2 aromatic heterocycles. The number of aromatic nitrogens is 4. The van der Waals surface area contributed by atoms with E-state index in [1.165, 1.54) is 24.7 Å². The predicted molar refractivity (Wildman–Crippen MR) is 82.0 cm³/mol. The van der Waals surface area contributed by atoms with Gasteiger partial charge in [0.1, 0.15) is 12.0 Å². The lowest BCUT2D eigenvalue weighted by atomic mass is 9.98. The zero-order chi connectivity index (χ0) is 14.8. The van der Waals surface area contributed by atoms with Gasteiger partial charge in [0.2, 0.25) is 0 Å². The molecule has 0 bridgehead atoms. The first-order valence-electron chi connectivity index (χ1n) is 7.50. The number of nitrogens with one attached hydrogen (secondary N) is 1. The van der Waals surface area contributed by atoms with Crippen molar-refractivity contribution in [3.05, 3.63) is 35.5 Å². The van der Waals surface area contributed by atoms with Gasteiger partial charge in [-0.2, -0.15) is 0 Å². The van der Waals surface area contributed by atoms with Crippen LogP contribution in [-0.4, -0.2) is 32.5 Å². The van der Waals surface area contributed by atoms with Crippen LogP contribution in [0.2, 0.25) is 0 Å². The number of rotatable bonds is 5. The van der Waals surface area contributed by atoms with Gasteiger partial charge in [0, 0.05) is 30.2 Å². The van der Waals surface area contributed by atoms with E-state index in [1.54, 1.807) is 6.20 Å². The Morgan fingerprint density at radius 1 is 1.24 bits per heavy atom. The molecule has 1 aliphatic carbocycles. The van der Waals surface area contributed by atoms with Crippen LogP contribution in [0.3, 0.4) is 0 Å². The Morgan fingerprint density at radius 3 is 2.52 bits per heavy atom. The lowest BCUT2D eigenvalue weighted by Crippen LogP contribution is -2.23. The predicted octanol–water partition coefficient (Wildman–Crippen LogP) is 2.41. The summed E-state index contributed by atoms with van der Waals surface area (Å²) in [6.07, 6.45) is 5.87. The first kappa shape index (κ1) is 14.1.